The van der Waals surface area contributed by atoms with Crippen LogP contribution in [0, 0.1) is 0 Å². The minimum Gasteiger partial charge on any atom is -0.508 e. The molecule has 2 aliphatic heterocycles. The summed E-state index contributed by atoms with van der Waals surface area (Å²) >= 11 is 18.3. The molecule has 0 aromatic heterocycles. The van der Waals surface area contributed by atoms with E-state index in [4.69, 9.17) is 39.9 Å². The van der Waals surface area contributed by atoms with Gasteiger partial charge >= 0.3 is 0 Å². The number of carbonyl (C=O) groups excluding carboxylic acids is 2. The number of hydrogen-bond donors (Lipinski definition) is 2. The van der Waals surface area contributed by atoms with Crippen LogP contribution in [0.3, 0.4) is 0 Å². The van der Waals surface area contributed by atoms with Crippen LogP contribution in [0.2, 0.25) is 15.1 Å². The van der Waals surface area contributed by atoms with Crippen LogP contribution in [0.4, 0.5) is 0 Å². The van der Waals surface area contributed by atoms with Crippen molar-refractivity contribution in [1.82, 2.24) is 9.80 Å². The van der Waals surface area contributed by atoms with Gasteiger partial charge in [-0.05, 0) is 18.8 Å². The average molecular weight is 408 g/mol. The van der Waals surface area contributed by atoms with Crippen LogP contribution >= 0.6 is 34.8 Å². The summed E-state index contributed by atoms with van der Waals surface area (Å²) in [6.07, 6.45) is 1.16. The van der Waals surface area contributed by atoms with Crippen LogP contribution in [-0.4, -0.2) is 64.1 Å². The molecule has 0 aliphatic carbocycles. The molecule has 0 bridgehead atoms. The minimum atomic E-state index is -0.622. The van der Waals surface area contributed by atoms with Gasteiger partial charge in [0.25, 0.3) is 0 Å². The molecular formula is C16H17Cl3N2O4. The van der Waals surface area contributed by atoms with Crippen LogP contribution in [0.25, 0.3) is 0 Å². The molecule has 9 heteroatoms. The number of hydrogen-bond acceptors (Lipinski definition) is 4. The first-order valence-corrected chi connectivity index (χ1v) is 9.01. The van der Waals surface area contributed by atoms with Crippen molar-refractivity contribution in [2.24, 2.45) is 0 Å². The number of nitrogens with zero attached hydrogens (tertiary/aromatic N) is 2. The first kappa shape index (κ1) is 18.6. The lowest BCUT2D eigenvalue weighted by atomic mass is 9.83. The Kier molecular flexibility index (Phi) is 5.34. The zero-order valence-corrected chi connectivity index (χ0v) is 15.5. The lowest BCUT2D eigenvalue weighted by Crippen LogP contribution is -2.60. The fourth-order valence-corrected chi connectivity index (χ4v) is 4.42. The lowest BCUT2D eigenvalue weighted by molar-refractivity contribution is -0.151. The van der Waals surface area contributed by atoms with E-state index in [2.05, 4.69) is 0 Å². The summed E-state index contributed by atoms with van der Waals surface area (Å²) in [5.41, 5.74) is 0.522. The Morgan fingerprint density at radius 2 is 2.00 bits per heavy atom. The summed E-state index contributed by atoms with van der Waals surface area (Å²) in [7, 11) is 0. The van der Waals surface area contributed by atoms with Gasteiger partial charge in [0.1, 0.15) is 12.4 Å². The highest BCUT2D eigenvalue weighted by atomic mass is 35.5. The lowest BCUT2D eigenvalue weighted by Gasteiger charge is -2.46. The molecule has 2 unspecified atom stereocenters. The quantitative estimate of drug-likeness (QED) is 0.737. The van der Waals surface area contributed by atoms with E-state index in [-0.39, 0.29) is 45.2 Å². The van der Waals surface area contributed by atoms with Crippen molar-refractivity contribution in [2.45, 2.75) is 24.8 Å². The van der Waals surface area contributed by atoms with Crippen LogP contribution in [0.15, 0.2) is 6.07 Å². The van der Waals surface area contributed by atoms with Crippen LogP contribution in [0.1, 0.15) is 24.3 Å². The molecule has 2 fully saturated rings. The van der Waals surface area contributed by atoms with Gasteiger partial charge < -0.3 is 20.0 Å². The van der Waals surface area contributed by atoms with Gasteiger partial charge in [-0.2, -0.15) is 0 Å². The number of rotatable bonds is 2. The molecule has 0 spiro atoms. The van der Waals surface area contributed by atoms with Crippen LogP contribution in [0.5, 0.6) is 5.75 Å². The molecule has 25 heavy (non-hydrogen) atoms. The normalized spacial score (nSPS) is 23.6. The van der Waals surface area contributed by atoms with Crippen molar-refractivity contribution in [3.8, 4) is 5.75 Å². The number of halogens is 3. The van der Waals surface area contributed by atoms with Gasteiger partial charge in [-0.1, -0.05) is 34.8 Å². The second kappa shape index (κ2) is 7.19. The summed E-state index contributed by atoms with van der Waals surface area (Å²) in [6.45, 7) is 0.217. The number of fused-ring (bicyclic) bond motifs is 1. The van der Waals surface area contributed by atoms with Gasteiger partial charge in [0.15, 0.2) is 0 Å². The number of carbonyl (C=O) groups is 2. The Bertz CT molecular complexity index is 728. The van der Waals surface area contributed by atoms with Crippen molar-refractivity contribution < 1.29 is 19.8 Å². The number of phenolic OH excluding ortho intramolecular Hbond substituents is 1. The SMILES string of the molecule is O=C(CO)N1CC(=O)N2CCC(c3c(O)cc(Cl)c(Cl)c3Cl)CC2C1. The molecule has 2 N–H and O–H groups in total. The molecule has 6 nitrogen and oxygen atoms in total. The van der Waals surface area contributed by atoms with E-state index >= 15 is 0 Å². The van der Waals surface area contributed by atoms with Crippen molar-refractivity contribution >= 4 is 46.6 Å². The van der Waals surface area contributed by atoms with Crippen LogP contribution < -0.4 is 0 Å². The molecule has 2 aliphatic rings. The van der Waals surface area contributed by atoms with Gasteiger partial charge in [0.2, 0.25) is 11.8 Å². The van der Waals surface area contributed by atoms with Crippen molar-refractivity contribution in [3.05, 3.63) is 26.7 Å². The average Bonchev–Trinajstić information content (AvgIpc) is 2.58. The third kappa shape index (κ3) is 3.40. The Morgan fingerprint density at radius 1 is 1.28 bits per heavy atom. The largest absolute Gasteiger partial charge is 0.508 e. The second-order valence-corrected chi connectivity index (χ2v) is 7.48. The summed E-state index contributed by atoms with van der Waals surface area (Å²) in [5.74, 6) is -0.740. The van der Waals surface area contributed by atoms with E-state index in [0.29, 0.717) is 31.5 Å². The molecule has 1 aromatic carbocycles. The fourth-order valence-electron chi connectivity index (χ4n) is 3.66. The Morgan fingerprint density at radius 3 is 2.68 bits per heavy atom. The van der Waals surface area contributed by atoms with Gasteiger partial charge in [-0.25, -0.2) is 0 Å². The zero-order valence-electron chi connectivity index (χ0n) is 13.2. The molecule has 136 valence electrons. The van der Waals surface area contributed by atoms with E-state index < -0.39 is 12.5 Å². The number of aromatic hydroxyl groups is 1. The maximum absolute atomic E-state index is 12.3. The molecule has 2 heterocycles. The summed E-state index contributed by atoms with van der Waals surface area (Å²) in [5, 5.41) is 19.9. The number of phenols is 1. The molecule has 1 aromatic rings. The Labute approximate surface area is 159 Å². The van der Waals surface area contributed by atoms with Gasteiger partial charge in [0, 0.05) is 30.8 Å². The first-order chi connectivity index (χ1) is 11.8. The Balaban J connectivity index is 1.86. The molecule has 2 amide bonds. The molecule has 2 atom stereocenters. The van der Waals surface area contributed by atoms with Crippen molar-refractivity contribution in [2.75, 3.05) is 26.2 Å². The zero-order chi connectivity index (χ0) is 18.3. The Hall–Kier alpha value is -1.21. The molecule has 2 saturated heterocycles. The molecule has 0 radical (unpaired) electrons. The van der Waals surface area contributed by atoms with Gasteiger partial charge in [-0.15, -0.1) is 0 Å². The maximum Gasteiger partial charge on any atom is 0.248 e. The summed E-state index contributed by atoms with van der Waals surface area (Å²) in [6, 6.07) is 1.17. The van der Waals surface area contributed by atoms with Crippen molar-refractivity contribution in [3.63, 3.8) is 0 Å². The number of benzene rings is 1. The minimum absolute atomic E-state index is 0.0145. The van der Waals surface area contributed by atoms with E-state index in [9.17, 15) is 14.7 Å². The highest BCUT2D eigenvalue weighted by Crippen LogP contribution is 2.46. The highest BCUT2D eigenvalue weighted by Gasteiger charge is 2.40. The van der Waals surface area contributed by atoms with E-state index in [0.717, 1.165) is 0 Å². The number of piperidine rings is 1. The number of aliphatic hydroxyl groups excluding tert-OH is 1. The monoisotopic (exact) mass is 406 g/mol. The van der Waals surface area contributed by atoms with Crippen molar-refractivity contribution in [1.29, 1.82) is 0 Å². The predicted octanol–water partition coefficient (Wildman–Crippen LogP) is 2.26. The van der Waals surface area contributed by atoms with Crippen LogP contribution in [-0.2, 0) is 9.59 Å². The predicted molar refractivity (Wildman–Crippen MR) is 94.3 cm³/mol. The smallest absolute Gasteiger partial charge is 0.248 e. The standard InChI is InChI=1S/C16H17Cl3N2O4/c17-10-4-11(23)14(16(19)15(10)18)8-1-2-21-9(3-8)5-20(6-12(21)24)13(25)7-22/h4,8-9,22-23H,1-3,5-7H2. The van der Waals surface area contributed by atoms with E-state index in [1.165, 1.54) is 11.0 Å². The van der Waals surface area contributed by atoms with E-state index in [1.54, 1.807) is 4.90 Å². The maximum atomic E-state index is 12.3. The van der Waals surface area contributed by atoms with Gasteiger partial charge in [0.05, 0.1) is 21.6 Å². The summed E-state index contributed by atoms with van der Waals surface area (Å²) < 4.78 is 0. The molecule has 0 saturated carbocycles. The number of aliphatic hydroxyl groups is 1. The fraction of sp³-hybridized carbons (Fsp3) is 0.500. The highest BCUT2D eigenvalue weighted by molar-refractivity contribution is 6.48. The van der Waals surface area contributed by atoms with E-state index in [1.807, 2.05) is 0 Å². The molecular weight excluding hydrogens is 391 g/mol. The summed E-state index contributed by atoms with van der Waals surface area (Å²) in [4.78, 5) is 27.1. The number of piperazine rings is 1. The molecule has 3 rings (SSSR count). The third-order valence-electron chi connectivity index (χ3n) is 4.87. The third-order valence-corrected chi connectivity index (χ3v) is 6.14. The first-order valence-electron chi connectivity index (χ1n) is 7.88. The second-order valence-electron chi connectivity index (χ2n) is 6.31. The number of amides is 2. The topological polar surface area (TPSA) is 81.1 Å². The van der Waals surface area contributed by atoms with Gasteiger partial charge in [-0.3, -0.25) is 9.59 Å².